The first-order valence-corrected chi connectivity index (χ1v) is 8.00. The first-order chi connectivity index (χ1) is 11.5. The summed E-state index contributed by atoms with van der Waals surface area (Å²) >= 11 is 0. The van der Waals surface area contributed by atoms with Crippen LogP contribution in [0.1, 0.15) is 23.7 Å². The van der Waals surface area contributed by atoms with E-state index >= 15 is 0 Å². The van der Waals surface area contributed by atoms with Gasteiger partial charge in [0.25, 0.3) is 5.69 Å². The molecule has 0 fully saturated rings. The molecule has 0 atom stereocenters. The number of benzene rings is 1. The van der Waals surface area contributed by atoms with Crippen LogP contribution in [0.4, 0.5) is 10.5 Å². The van der Waals surface area contributed by atoms with Crippen LogP contribution in [0.5, 0.6) is 0 Å². The van der Waals surface area contributed by atoms with E-state index in [1.807, 2.05) is 13.0 Å². The van der Waals surface area contributed by atoms with Gasteiger partial charge in [-0.25, -0.2) is 9.78 Å². The number of carbonyl (C=O) groups is 1. The summed E-state index contributed by atoms with van der Waals surface area (Å²) in [6.45, 7) is 5.16. The van der Waals surface area contributed by atoms with Crippen molar-refractivity contribution in [3.05, 3.63) is 45.1 Å². The highest BCUT2D eigenvalue weighted by Gasteiger charge is 2.24. The van der Waals surface area contributed by atoms with Crippen molar-refractivity contribution >= 4 is 22.7 Å². The Morgan fingerprint density at radius 3 is 2.83 bits per heavy atom. The second-order valence-corrected chi connectivity index (χ2v) is 5.78. The number of carbonyl (C=O) groups excluding carboxylic acids is 1. The Kier molecular flexibility index (Phi) is 4.33. The predicted molar refractivity (Wildman–Crippen MR) is 89.1 cm³/mol. The van der Waals surface area contributed by atoms with Gasteiger partial charge in [-0.3, -0.25) is 10.1 Å². The highest BCUT2D eigenvalue weighted by atomic mass is 16.6. The number of ether oxygens (including phenoxy) is 1. The number of hydrogen-bond donors (Lipinski definition) is 0. The van der Waals surface area contributed by atoms with Crippen molar-refractivity contribution in [2.75, 3.05) is 19.7 Å². The molecule has 7 nitrogen and oxygen atoms in total. The van der Waals surface area contributed by atoms with Gasteiger partial charge in [0.15, 0.2) is 0 Å². The Morgan fingerprint density at radius 1 is 1.38 bits per heavy atom. The lowest BCUT2D eigenvalue weighted by molar-refractivity contribution is -0.383. The number of nitro groups is 1. The Bertz CT molecular complexity index is 819. The van der Waals surface area contributed by atoms with Gasteiger partial charge in [-0.1, -0.05) is 12.1 Å². The number of pyridine rings is 1. The van der Waals surface area contributed by atoms with Crippen molar-refractivity contribution in [3.8, 4) is 0 Å². The Labute approximate surface area is 139 Å². The minimum Gasteiger partial charge on any atom is -0.450 e. The summed E-state index contributed by atoms with van der Waals surface area (Å²) in [5.74, 6) is 0. The molecule has 0 bridgehead atoms. The molecule has 0 unspecified atom stereocenters. The fourth-order valence-electron chi connectivity index (χ4n) is 3.22. The molecule has 0 spiro atoms. The molecule has 1 amide bonds. The van der Waals surface area contributed by atoms with Gasteiger partial charge in [0.1, 0.15) is 5.52 Å². The first kappa shape index (κ1) is 16.2. The van der Waals surface area contributed by atoms with E-state index in [9.17, 15) is 14.9 Å². The maximum atomic E-state index is 12.0. The number of nitrogens with zero attached hydrogens (tertiary/aromatic N) is 3. The molecule has 2 aromatic rings. The number of para-hydroxylation sites is 1. The van der Waals surface area contributed by atoms with Gasteiger partial charge in [0.05, 0.1) is 11.5 Å². The van der Waals surface area contributed by atoms with Gasteiger partial charge >= 0.3 is 6.09 Å². The van der Waals surface area contributed by atoms with E-state index in [1.165, 1.54) is 6.07 Å². The van der Waals surface area contributed by atoms with Crippen molar-refractivity contribution in [2.45, 2.75) is 26.7 Å². The molecule has 3 rings (SSSR count). The average Bonchev–Trinajstić information content (AvgIpc) is 2.77. The quantitative estimate of drug-likeness (QED) is 0.624. The van der Waals surface area contributed by atoms with Gasteiger partial charge in [-0.05, 0) is 31.4 Å². The summed E-state index contributed by atoms with van der Waals surface area (Å²) in [4.78, 5) is 29.1. The minimum atomic E-state index is -0.400. The van der Waals surface area contributed by atoms with Gasteiger partial charge in [-0.15, -0.1) is 0 Å². The van der Waals surface area contributed by atoms with E-state index in [4.69, 9.17) is 4.74 Å². The summed E-state index contributed by atoms with van der Waals surface area (Å²) in [5, 5.41) is 12.1. The van der Waals surface area contributed by atoms with Crippen molar-refractivity contribution in [3.63, 3.8) is 0 Å². The fourth-order valence-corrected chi connectivity index (χ4v) is 3.22. The number of hydrogen-bond acceptors (Lipinski definition) is 5. The zero-order chi connectivity index (χ0) is 17.3. The molecule has 0 saturated heterocycles. The molecule has 1 aliphatic rings. The highest BCUT2D eigenvalue weighted by molar-refractivity contribution is 5.90. The molecule has 0 saturated carbocycles. The number of aromatic nitrogens is 1. The number of nitro benzene ring substituents is 1. The van der Waals surface area contributed by atoms with Crippen LogP contribution >= 0.6 is 0 Å². The number of rotatable bonds is 2. The Balaban J connectivity index is 2.04. The molecule has 0 radical (unpaired) electrons. The Hall–Kier alpha value is -2.70. The van der Waals surface area contributed by atoms with Crippen LogP contribution in [0, 0.1) is 17.0 Å². The summed E-state index contributed by atoms with van der Waals surface area (Å²) in [7, 11) is 0. The average molecular weight is 329 g/mol. The van der Waals surface area contributed by atoms with Crippen LogP contribution < -0.4 is 0 Å². The molecule has 0 aliphatic carbocycles. The maximum Gasteiger partial charge on any atom is 0.409 e. The summed E-state index contributed by atoms with van der Waals surface area (Å²) in [5.41, 5.74) is 3.36. The Morgan fingerprint density at radius 2 is 2.12 bits per heavy atom. The van der Waals surface area contributed by atoms with E-state index in [0.29, 0.717) is 38.1 Å². The van der Waals surface area contributed by atoms with Crippen LogP contribution in [-0.4, -0.2) is 40.6 Å². The molecular formula is C17H19N3O4. The topological polar surface area (TPSA) is 85.6 Å². The summed E-state index contributed by atoms with van der Waals surface area (Å²) in [6, 6.07) is 5.02. The smallest absolute Gasteiger partial charge is 0.409 e. The standard InChI is InChI=1S/C17H19N3O4/c1-3-24-17(21)19-9-7-12-11(2)13-5-4-6-15(20(22)23)16(13)18-14(12)8-10-19/h4-6H,3,7-10H2,1-2H3. The van der Waals surface area contributed by atoms with E-state index in [-0.39, 0.29) is 11.8 Å². The lowest BCUT2D eigenvalue weighted by atomic mass is 9.98. The third kappa shape index (κ3) is 2.77. The van der Waals surface area contributed by atoms with Crippen molar-refractivity contribution in [1.82, 2.24) is 9.88 Å². The molecular weight excluding hydrogens is 310 g/mol. The molecule has 24 heavy (non-hydrogen) atoms. The third-order valence-corrected chi connectivity index (χ3v) is 4.44. The van der Waals surface area contributed by atoms with Gasteiger partial charge in [-0.2, -0.15) is 0 Å². The molecule has 1 aliphatic heterocycles. The lowest BCUT2D eigenvalue weighted by Crippen LogP contribution is -2.33. The van der Waals surface area contributed by atoms with Crippen molar-refractivity contribution in [1.29, 1.82) is 0 Å². The predicted octanol–water partition coefficient (Wildman–Crippen LogP) is 3.01. The van der Waals surface area contributed by atoms with E-state index < -0.39 is 4.92 Å². The van der Waals surface area contributed by atoms with Crippen molar-refractivity contribution in [2.24, 2.45) is 0 Å². The van der Waals surface area contributed by atoms with E-state index in [1.54, 1.807) is 17.9 Å². The molecule has 126 valence electrons. The zero-order valence-corrected chi connectivity index (χ0v) is 13.7. The fraction of sp³-hybridized carbons (Fsp3) is 0.412. The van der Waals surface area contributed by atoms with E-state index in [2.05, 4.69) is 4.98 Å². The molecule has 7 heteroatoms. The second kappa shape index (κ2) is 6.43. The molecule has 1 aromatic carbocycles. The number of aryl methyl sites for hydroxylation is 1. The molecule has 2 heterocycles. The van der Waals surface area contributed by atoms with E-state index in [0.717, 1.165) is 22.2 Å². The van der Waals surface area contributed by atoms with Crippen LogP contribution in [-0.2, 0) is 17.6 Å². The molecule has 1 aromatic heterocycles. The number of amides is 1. The summed E-state index contributed by atoms with van der Waals surface area (Å²) < 4.78 is 5.07. The van der Waals surface area contributed by atoms with Crippen molar-refractivity contribution < 1.29 is 14.5 Å². The van der Waals surface area contributed by atoms with Crippen LogP contribution in [0.15, 0.2) is 18.2 Å². The number of non-ortho nitro benzene ring substituents is 1. The minimum absolute atomic E-state index is 0.0184. The molecule has 0 N–H and O–H groups in total. The highest BCUT2D eigenvalue weighted by Crippen LogP contribution is 2.30. The van der Waals surface area contributed by atoms with Crippen LogP contribution in [0.3, 0.4) is 0 Å². The third-order valence-electron chi connectivity index (χ3n) is 4.44. The van der Waals surface area contributed by atoms with Gasteiger partial charge < -0.3 is 9.64 Å². The van der Waals surface area contributed by atoms with Gasteiger partial charge in [0.2, 0.25) is 0 Å². The van der Waals surface area contributed by atoms with Crippen LogP contribution in [0.25, 0.3) is 10.9 Å². The van der Waals surface area contributed by atoms with Gasteiger partial charge in [0, 0.05) is 36.7 Å². The SMILES string of the molecule is CCOC(=O)N1CCc2nc3c([N+](=O)[O-])cccc3c(C)c2CC1. The number of fused-ring (bicyclic) bond motifs is 2. The zero-order valence-electron chi connectivity index (χ0n) is 13.7. The first-order valence-electron chi connectivity index (χ1n) is 8.00. The summed E-state index contributed by atoms with van der Waals surface area (Å²) in [6.07, 6.45) is 0.918. The maximum absolute atomic E-state index is 12.0. The monoisotopic (exact) mass is 329 g/mol. The van der Waals surface area contributed by atoms with Crippen LogP contribution in [0.2, 0.25) is 0 Å². The normalized spacial score (nSPS) is 14.2. The largest absolute Gasteiger partial charge is 0.450 e. The second-order valence-electron chi connectivity index (χ2n) is 5.78. The lowest BCUT2D eigenvalue weighted by Gasteiger charge is -2.18.